The number of sulfone groups is 1. The van der Waals surface area contributed by atoms with E-state index in [0.29, 0.717) is 25.3 Å². The van der Waals surface area contributed by atoms with Crippen molar-refractivity contribution < 1.29 is 35.9 Å². The number of hydrogen-bond acceptors (Lipinski definition) is 6. The third-order valence-corrected chi connectivity index (χ3v) is 7.01. The van der Waals surface area contributed by atoms with Crippen molar-refractivity contribution in [3.05, 3.63) is 48.2 Å². The fourth-order valence-corrected chi connectivity index (χ4v) is 4.58. The van der Waals surface area contributed by atoms with Crippen molar-refractivity contribution in [2.45, 2.75) is 35.7 Å². The molecule has 2 fully saturated rings. The normalized spacial score (nSPS) is 22.9. The molecule has 12 heteroatoms. The molecular weight excluding hydrogens is 451 g/mol. The van der Waals surface area contributed by atoms with E-state index in [1.54, 1.807) is 18.3 Å². The predicted molar refractivity (Wildman–Crippen MR) is 106 cm³/mol. The quantitative estimate of drug-likeness (QED) is 0.653. The number of ether oxygens (including phenoxy) is 1. The highest BCUT2D eigenvalue weighted by atomic mass is 32.2. The molecule has 1 aromatic carbocycles. The lowest BCUT2D eigenvalue weighted by atomic mass is 10.1. The molecule has 0 radical (unpaired) electrons. The Morgan fingerprint density at radius 3 is 2.53 bits per heavy atom. The monoisotopic (exact) mass is 469 g/mol. The molecule has 1 spiro atoms. The Morgan fingerprint density at radius 2 is 1.91 bits per heavy atom. The standard InChI is InChI=1S/C20H18F3N3O5S/c1-2-31-16-10-12(7-8-24-16)9-13-11-19(13)17(27)26(18(28)25-19)14-3-5-15(6-4-14)32(29,30)20(21,22)23/h3-8,10,13H,2,9,11H2,1H3,(H,25,28). The molecule has 1 saturated heterocycles. The lowest BCUT2D eigenvalue weighted by Crippen LogP contribution is -2.35. The zero-order valence-electron chi connectivity index (χ0n) is 16.7. The Morgan fingerprint density at radius 1 is 1.22 bits per heavy atom. The Hall–Kier alpha value is -3.15. The van der Waals surface area contributed by atoms with Crippen molar-refractivity contribution in [3.8, 4) is 5.88 Å². The van der Waals surface area contributed by atoms with E-state index in [2.05, 4.69) is 10.3 Å². The van der Waals surface area contributed by atoms with E-state index in [0.717, 1.165) is 34.7 Å². The molecule has 2 aliphatic rings. The molecule has 3 amide bonds. The van der Waals surface area contributed by atoms with Crippen molar-refractivity contribution in [2.24, 2.45) is 5.92 Å². The molecule has 170 valence electrons. The van der Waals surface area contributed by atoms with Gasteiger partial charge in [0.2, 0.25) is 5.88 Å². The summed E-state index contributed by atoms with van der Waals surface area (Å²) < 4.78 is 66.5. The highest BCUT2D eigenvalue weighted by Crippen LogP contribution is 2.50. The molecule has 2 aromatic rings. The second-order valence-corrected chi connectivity index (χ2v) is 9.47. The fraction of sp³-hybridized carbons (Fsp3) is 0.350. The van der Waals surface area contributed by atoms with Gasteiger partial charge in [0.25, 0.3) is 15.7 Å². The number of urea groups is 1. The van der Waals surface area contributed by atoms with Gasteiger partial charge in [0.05, 0.1) is 17.2 Å². The molecule has 1 saturated carbocycles. The first-order valence-electron chi connectivity index (χ1n) is 9.65. The second kappa shape index (κ2) is 7.47. The van der Waals surface area contributed by atoms with Gasteiger partial charge >= 0.3 is 11.5 Å². The summed E-state index contributed by atoms with van der Waals surface area (Å²) in [6, 6.07) is 6.28. The van der Waals surface area contributed by atoms with Gasteiger partial charge in [-0.25, -0.2) is 23.1 Å². The molecule has 2 atom stereocenters. The minimum Gasteiger partial charge on any atom is -0.478 e. The summed E-state index contributed by atoms with van der Waals surface area (Å²) in [5, 5.41) is 2.67. The second-order valence-electron chi connectivity index (χ2n) is 7.53. The van der Waals surface area contributed by atoms with Crippen LogP contribution < -0.4 is 15.0 Å². The van der Waals surface area contributed by atoms with Crippen molar-refractivity contribution in [1.82, 2.24) is 10.3 Å². The van der Waals surface area contributed by atoms with Crippen LogP contribution in [0.15, 0.2) is 47.5 Å². The molecule has 4 rings (SSSR count). The number of pyridine rings is 1. The summed E-state index contributed by atoms with van der Waals surface area (Å²) >= 11 is 0. The minimum atomic E-state index is -5.52. The Kier molecular flexibility index (Phi) is 5.15. The van der Waals surface area contributed by atoms with Crippen LogP contribution in [0.5, 0.6) is 5.88 Å². The van der Waals surface area contributed by atoms with Gasteiger partial charge in [0, 0.05) is 12.3 Å². The number of benzene rings is 1. The smallest absolute Gasteiger partial charge is 0.478 e. The molecule has 2 unspecified atom stereocenters. The van der Waals surface area contributed by atoms with Crippen LogP contribution in [0, 0.1) is 5.92 Å². The van der Waals surface area contributed by atoms with Crippen LogP contribution >= 0.6 is 0 Å². The zero-order valence-corrected chi connectivity index (χ0v) is 17.5. The Bertz CT molecular complexity index is 1180. The number of amides is 3. The maximum absolute atomic E-state index is 13.0. The zero-order chi connectivity index (χ0) is 23.3. The van der Waals surface area contributed by atoms with Crippen molar-refractivity contribution in [3.63, 3.8) is 0 Å². The van der Waals surface area contributed by atoms with E-state index in [-0.39, 0.29) is 11.6 Å². The molecular formula is C20H18F3N3O5S. The van der Waals surface area contributed by atoms with Crippen LogP contribution in [0.2, 0.25) is 0 Å². The first-order valence-corrected chi connectivity index (χ1v) is 11.1. The van der Waals surface area contributed by atoms with Crippen molar-refractivity contribution in [2.75, 3.05) is 11.5 Å². The first-order chi connectivity index (χ1) is 15.0. The van der Waals surface area contributed by atoms with Crippen LogP contribution in [-0.2, 0) is 21.1 Å². The van der Waals surface area contributed by atoms with E-state index in [1.165, 1.54) is 0 Å². The number of nitrogens with zero attached hydrogens (tertiary/aromatic N) is 2. The van der Waals surface area contributed by atoms with Crippen LogP contribution in [0.25, 0.3) is 0 Å². The Balaban J connectivity index is 1.51. The molecule has 8 nitrogen and oxygen atoms in total. The molecule has 1 aliphatic carbocycles. The van der Waals surface area contributed by atoms with E-state index in [1.807, 2.05) is 6.92 Å². The van der Waals surface area contributed by atoms with Gasteiger partial charge in [-0.2, -0.15) is 13.2 Å². The van der Waals surface area contributed by atoms with Crippen LogP contribution in [0.1, 0.15) is 18.9 Å². The summed E-state index contributed by atoms with van der Waals surface area (Å²) in [5.74, 6) is -0.249. The number of imide groups is 1. The van der Waals surface area contributed by atoms with Crippen molar-refractivity contribution >= 4 is 27.5 Å². The third-order valence-electron chi connectivity index (χ3n) is 5.51. The summed E-state index contributed by atoms with van der Waals surface area (Å²) in [7, 11) is -5.52. The summed E-state index contributed by atoms with van der Waals surface area (Å²) in [6.07, 6.45) is 2.49. The SMILES string of the molecule is CCOc1cc(CC2CC23NC(=O)N(c2ccc(S(=O)(=O)C(F)(F)F)cc2)C3=O)ccn1. The maximum Gasteiger partial charge on any atom is 0.501 e. The van der Waals surface area contributed by atoms with Gasteiger partial charge in [-0.1, -0.05) is 0 Å². The van der Waals surface area contributed by atoms with E-state index >= 15 is 0 Å². The van der Waals surface area contributed by atoms with Gasteiger partial charge in [-0.05, 0) is 61.6 Å². The highest BCUT2D eigenvalue weighted by Gasteiger charge is 2.67. The van der Waals surface area contributed by atoms with Crippen molar-refractivity contribution in [1.29, 1.82) is 0 Å². The molecule has 0 bridgehead atoms. The topological polar surface area (TPSA) is 106 Å². The lowest BCUT2D eigenvalue weighted by molar-refractivity contribution is -0.119. The van der Waals surface area contributed by atoms with E-state index in [4.69, 9.17) is 4.74 Å². The van der Waals surface area contributed by atoms with Gasteiger partial charge in [0.1, 0.15) is 5.54 Å². The summed E-state index contributed by atoms with van der Waals surface area (Å²) in [4.78, 5) is 29.4. The average Bonchev–Trinajstić information content (AvgIpc) is 3.33. The maximum atomic E-state index is 13.0. The van der Waals surface area contributed by atoms with Crippen LogP contribution in [-0.4, -0.2) is 43.0 Å². The van der Waals surface area contributed by atoms with Crippen LogP contribution in [0.4, 0.5) is 23.7 Å². The minimum absolute atomic E-state index is 0.0151. The number of halogens is 3. The van der Waals surface area contributed by atoms with Gasteiger partial charge in [-0.3, -0.25) is 4.79 Å². The third kappa shape index (κ3) is 3.57. The number of nitrogens with one attached hydrogen (secondary N) is 1. The number of rotatable bonds is 6. The molecule has 1 aliphatic heterocycles. The number of hydrogen-bond donors (Lipinski definition) is 1. The fourth-order valence-electron chi connectivity index (χ4n) is 3.81. The number of carbonyl (C=O) groups is 2. The van der Waals surface area contributed by atoms with Gasteiger partial charge < -0.3 is 10.1 Å². The van der Waals surface area contributed by atoms with E-state index < -0.39 is 37.7 Å². The molecule has 32 heavy (non-hydrogen) atoms. The van der Waals surface area contributed by atoms with Crippen LogP contribution in [0.3, 0.4) is 0 Å². The van der Waals surface area contributed by atoms with Gasteiger partial charge in [0.15, 0.2) is 0 Å². The first kappa shape index (κ1) is 22.1. The molecule has 1 N–H and O–H groups in total. The number of aromatic nitrogens is 1. The number of anilines is 1. The number of carbonyl (C=O) groups excluding carboxylic acids is 2. The molecule has 2 heterocycles. The Labute approximate surface area is 181 Å². The average molecular weight is 469 g/mol. The van der Waals surface area contributed by atoms with Gasteiger partial charge in [-0.15, -0.1) is 0 Å². The lowest BCUT2D eigenvalue weighted by Gasteiger charge is -2.14. The van der Waals surface area contributed by atoms with E-state index in [9.17, 15) is 31.2 Å². The highest BCUT2D eigenvalue weighted by molar-refractivity contribution is 7.92. The number of alkyl halides is 3. The summed E-state index contributed by atoms with van der Waals surface area (Å²) in [6.45, 7) is 2.28. The molecule has 1 aromatic heterocycles. The largest absolute Gasteiger partial charge is 0.501 e. The predicted octanol–water partition coefficient (Wildman–Crippen LogP) is 2.83. The summed E-state index contributed by atoms with van der Waals surface area (Å²) in [5.41, 5.74) is -5.68.